The highest BCUT2D eigenvalue weighted by Crippen LogP contribution is 2.28. The second kappa shape index (κ2) is 13.6. The molecule has 0 aliphatic carbocycles. The molecule has 220 valence electrons. The van der Waals surface area contributed by atoms with Gasteiger partial charge >= 0.3 is 0 Å². The van der Waals surface area contributed by atoms with Crippen molar-refractivity contribution in [2.75, 3.05) is 10.8 Å². The van der Waals surface area contributed by atoms with E-state index < -0.39 is 34.1 Å². The minimum Gasteiger partial charge on any atom is -0.350 e. The Morgan fingerprint density at radius 2 is 1.56 bits per heavy atom. The van der Waals surface area contributed by atoms with Gasteiger partial charge in [0, 0.05) is 16.6 Å². The van der Waals surface area contributed by atoms with E-state index >= 15 is 0 Å². The van der Waals surface area contributed by atoms with Gasteiger partial charge in [-0.1, -0.05) is 69.8 Å². The number of hydrogen-bond donors (Lipinski definition) is 1. The molecule has 7 nitrogen and oxygen atoms in total. The van der Waals surface area contributed by atoms with Crippen molar-refractivity contribution < 1.29 is 18.0 Å². The van der Waals surface area contributed by atoms with Gasteiger partial charge in [0.1, 0.15) is 12.6 Å². The summed E-state index contributed by atoms with van der Waals surface area (Å²) >= 11 is 15.7. The van der Waals surface area contributed by atoms with Crippen LogP contribution in [0.4, 0.5) is 5.69 Å². The molecule has 3 aromatic carbocycles. The van der Waals surface area contributed by atoms with Crippen molar-refractivity contribution in [3.8, 4) is 0 Å². The Hall–Kier alpha value is -2.59. The number of halogens is 3. The van der Waals surface area contributed by atoms with Gasteiger partial charge in [0.15, 0.2) is 0 Å². The van der Waals surface area contributed by atoms with Gasteiger partial charge in [-0.3, -0.25) is 13.9 Å². The lowest BCUT2D eigenvalue weighted by molar-refractivity contribution is -0.141. The van der Waals surface area contributed by atoms with Crippen molar-refractivity contribution in [1.82, 2.24) is 10.2 Å². The predicted octanol–water partition coefficient (Wildman–Crippen LogP) is 6.98. The largest absolute Gasteiger partial charge is 0.350 e. The molecule has 0 fully saturated rings. The summed E-state index contributed by atoms with van der Waals surface area (Å²) in [6, 6.07) is 17.2. The second-order valence-electron chi connectivity index (χ2n) is 10.7. The number of nitrogens with zero attached hydrogens (tertiary/aromatic N) is 2. The Kier molecular flexibility index (Phi) is 10.9. The fraction of sp³-hybridized carbons (Fsp3) is 0.333. The van der Waals surface area contributed by atoms with Crippen LogP contribution in [0.15, 0.2) is 76.1 Å². The van der Waals surface area contributed by atoms with Crippen LogP contribution in [0.2, 0.25) is 10.0 Å². The Balaban J connectivity index is 2.08. The highest BCUT2D eigenvalue weighted by molar-refractivity contribution is 9.10. The van der Waals surface area contributed by atoms with E-state index in [0.717, 1.165) is 14.3 Å². The van der Waals surface area contributed by atoms with Crippen LogP contribution in [0.3, 0.4) is 0 Å². The van der Waals surface area contributed by atoms with E-state index in [9.17, 15) is 18.0 Å². The standard InChI is InChI=1S/C30H34BrCl2N3O4S/c1-6-27(29(38)34-30(3,4)5)35(18-21-9-16-25(32)26(33)17-21)28(37)19-36(23-12-10-22(31)11-13-23)41(39,40)24-14-7-20(2)8-15-24/h7-17,27H,6,18-19H2,1-5H3,(H,34,38). The first-order valence-electron chi connectivity index (χ1n) is 13.0. The van der Waals surface area contributed by atoms with Gasteiger partial charge < -0.3 is 10.2 Å². The van der Waals surface area contributed by atoms with Gasteiger partial charge in [-0.15, -0.1) is 0 Å². The number of rotatable bonds is 10. The van der Waals surface area contributed by atoms with Crippen LogP contribution >= 0.6 is 39.1 Å². The number of amides is 2. The number of hydrogen-bond acceptors (Lipinski definition) is 4. The number of aryl methyl sites for hydroxylation is 1. The normalized spacial score (nSPS) is 12.5. The topological polar surface area (TPSA) is 86.8 Å². The van der Waals surface area contributed by atoms with E-state index in [-0.39, 0.29) is 17.3 Å². The molecule has 0 saturated heterocycles. The van der Waals surface area contributed by atoms with Crippen molar-refractivity contribution in [2.24, 2.45) is 0 Å². The lowest BCUT2D eigenvalue weighted by Crippen LogP contribution is -2.55. The predicted molar refractivity (Wildman–Crippen MR) is 169 cm³/mol. The van der Waals surface area contributed by atoms with Crippen LogP contribution in [0, 0.1) is 6.92 Å². The highest BCUT2D eigenvalue weighted by atomic mass is 79.9. The summed E-state index contributed by atoms with van der Waals surface area (Å²) in [5.74, 6) is -0.893. The first-order chi connectivity index (χ1) is 19.1. The van der Waals surface area contributed by atoms with Crippen molar-refractivity contribution in [2.45, 2.75) is 64.1 Å². The molecule has 2 amide bonds. The van der Waals surface area contributed by atoms with Crippen LogP contribution in [0.1, 0.15) is 45.2 Å². The number of carbonyl (C=O) groups is 2. The van der Waals surface area contributed by atoms with Gasteiger partial charge in [0.05, 0.1) is 20.6 Å². The van der Waals surface area contributed by atoms with Gasteiger partial charge in [-0.25, -0.2) is 8.42 Å². The summed E-state index contributed by atoms with van der Waals surface area (Å²) in [5.41, 5.74) is 1.31. The molecule has 41 heavy (non-hydrogen) atoms. The van der Waals surface area contributed by atoms with Gasteiger partial charge in [-0.05, 0) is 88.2 Å². The Bertz CT molecular complexity index is 1490. The fourth-order valence-electron chi connectivity index (χ4n) is 4.18. The molecule has 1 N–H and O–H groups in total. The van der Waals surface area contributed by atoms with Crippen LogP contribution in [0.25, 0.3) is 0 Å². The van der Waals surface area contributed by atoms with Crippen molar-refractivity contribution in [3.05, 3.63) is 92.4 Å². The Morgan fingerprint density at radius 1 is 0.951 bits per heavy atom. The van der Waals surface area contributed by atoms with E-state index in [1.165, 1.54) is 17.0 Å². The lowest BCUT2D eigenvalue weighted by atomic mass is 10.1. The molecule has 1 atom stereocenters. The molecule has 0 saturated carbocycles. The maximum Gasteiger partial charge on any atom is 0.264 e. The third kappa shape index (κ3) is 8.70. The molecule has 0 aromatic heterocycles. The van der Waals surface area contributed by atoms with E-state index in [0.29, 0.717) is 27.7 Å². The summed E-state index contributed by atoms with van der Waals surface area (Å²) in [7, 11) is -4.15. The quantitative estimate of drug-likeness (QED) is 0.250. The summed E-state index contributed by atoms with van der Waals surface area (Å²) in [6.45, 7) is 8.71. The second-order valence-corrected chi connectivity index (χ2v) is 14.3. The van der Waals surface area contributed by atoms with Gasteiger partial charge in [0.2, 0.25) is 11.8 Å². The van der Waals surface area contributed by atoms with Crippen molar-refractivity contribution in [1.29, 1.82) is 0 Å². The first-order valence-corrected chi connectivity index (χ1v) is 16.0. The van der Waals surface area contributed by atoms with Gasteiger partial charge in [-0.2, -0.15) is 0 Å². The molecule has 11 heteroatoms. The van der Waals surface area contributed by atoms with E-state index in [1.54, 1.807) is 61.5 Å². The van der Waals surface area contributed by atoms with Crippen LogP contribution in [-0.2, 0) is 26.2 Å². The maximum atomic E-state index is 14.1. The first kappa shape index (κ1) is 32.9. The number of benzene rings is 3. The minimum atomic E-state index is -4.15. The number of nitrogens with one attached hydrogen (secondary N) is 1. The van der Waals surface area contributed by atoms with E-state index in [1.807, 2.05) is 27.7 Å². The third-order valence-corrected chi connectivity index (χ3v) is 9.28. The van der Waals surface area contributed by atoms with Crippen molar-refractivity contribution >= 4 is 66.7 Å². The highest BCUT2D eigenvalue weighted by Gasteiger charge is 2.34. The summed E-state index contributed by atoms with van der Waals surface area (Å²) in [6.07, 6.45) is 0.304. The van der Waals surface area contributed by atoms with Crippen LogP contribution in [-0.4, -0.2) is 43.3 Å². The zero-order valence-electron chi connectivity index (χ0n) is 23.6. The molecule has 0 bridgehead atoms. The number of carbonyl (C=O) groups excluding carboxylic acids is 2. The average Bonchev–Trinajstić information content (AvgIpc) is 2.89. The number of sulfonamides is 1. The average molecular weight is 683 g/mol. The summed E-state index contributed by atoms with van der Waals surface area (Å²) < 4.78 is 29.7. The van der Waals surface area contributed by atoms with Crippen LogP contribution < -0.4 is 9.62 Å². The molecule has 0 aliphatic rings. The molecule has 0 radical (unpaired) electrons. The summed E-state index contributed by atoms with van der Waals surface area (Å²) in [5, 5.41) is 3.61. The molecule has 0 heterocycles. The third-order valence-electron chi connectivity index (χ3n) is 6.22. The molecular formula is C30H34BrCl2N3O4S. The monoisotopic (exact) mass is 681 g/mol. The molecular weight excluding hydrogens is 649 g/mol. The Labute approximate surface area is 261 Å². The van der Waals surface area contributed by atoms with Crippen LogP contribution in [0.5, 0.6) is 0 Å². The Morgan fingerprint density at radius 3 is 2.10 bits per heavy atom. The molecule has 0 aliphatic heterocycles. The van der Waals surface area contributed by atoms with Gasteiger partial charge in [0.25, 0.3) is 10.0 Å². The van der Waals surface area contributed by atoms with E-state index in [4.69, 9.17) is 23.2 Å². The molecule has 3 aromatic rings. The minimum absolute atomic E-state index is 0.0184. The maximum absolute atomic E-state index is 14.1. The zero-order chi connectivity index (χ0) is 30.5. The zero-order valence-corrected chi connectivity index (χ0v) is 27.5. The summed E-state index contributed by atoms with van der Waals surface area (Å²) in [4.78, 5) is 29.0. The molecule has 1 unspecified atom stereocenters. The SMILES string of the molecule is CCC(C(=O)NC(C)(C)C)N(Cc1ccc(Cl)c(Cl)c1)C(=O)CN(c1ccc(Br)cc1)S(=O)(=O)c1ccc(C)cc1. The lowest BCUT2D eigenvalue weighted by Gasteiger charge is -2.34. The van der Waals surface area contributed by atoms with Crippen molar-refractivity contribution in [3.63, 3.8) is 0 Å². The molecule has 0 spiro atoms. The molecule has 3 rings (SSSR count). The smallest absolute Gasteiger partial charge is 0.264 e. The van der Waals surface area contributed by atoms with E-state index in [2.05, 4.69) is 21.2 Å². The fourth-order valence-corrected chi connectivity index (χ4v) is 6.18. The number of anilines is 1.